The third kappa shape index (κ3) is 6.30. The molecule has 48 heavy (non-hydrogen) atoms. The van der Waals surface area contributed by atoms with E-state index in [1.54, 1.807) is 6.92 Å². The third-order valence-corrected chi connectivity index (χ3v) is 9.78. The lowest BCUT2D eigenvalue weighted by atomic mass is 9.66. The van der Waals surface area contributed by atoms with Crippen molar-refractivity contribution in [3.05, 3.63) is 69.8 Å². The molecule has 2 aliphatic carbocycles. The summed E-state index contributed by atoms with van der Waals surface area (Å²) in [6.07, 6.45) is -5.85. The number of carboxylic acid groups (broad SMARTS) is 1. The molecule has 258 valence electrons. The lowest BCUT2D eigenvalue weighted by Gasteiger charge is -2.38. The van der Waals surface area contributed by atoms with Crippen LogP contribution in [0.15, 0.2) is 36.1 Å². The van der Waals surface area contributed by atoms with E-state index in [1.165, 1.54) is 18.9 Å². The predicted octanol–water partition coefficient (Wildman–Crippen LogP) is 7.16. The molecule has 1 N–H and O–H groups in total. The number of carbonyl (C=O) groups is 2. The first-order valence-corrected chi connectivity index (χ1v) is 15.6. The van der Waals surface area contributed by atoms with E-state index in [9.17, 15) is 41.0 Å². The van der Waals surface area contributed by atoms with Crippen LogP contribution in [0.1, 0.15) is 72.4 Å². The molecule has 3 heterocycles. The van der Waals surface area contributed by atoms with E-state index >= 15 is 0 Å². The number of aryl methyl sites for hydroxylation is 1. The van der Waals surface area contributed by atoms with Crippen molar-refractivity contribution in [3.63, 3.8) is 0 Å². The molecule has 0 bridgehead atoms. The van der Waals surface area contributed by atoms with E-state index in [-0.39, 0.29) is 24.4 Å². The Bertz CT molecular complexity index is 1650. The molecule has 0 radical (unpaired) electrons. The lowest BCUT2D eigenvalue weighted by molar-refractivity contribution is -0.147. The van der Waals surface area contributed by atoms with Crippen LogP contribution in [-0.4, -0.2) is 58.3 Å². The van der Waals surface area contributed by atoms with Gasteiger partial charge in [0.2, 0.25) is 5.95 Å². The lowest BCUT2D eigenvalue weighted by Crippen LogP contribution is -2.39. The Hall–Kier alpha value is -4.30. The van der Waals surface area contributed by atoms with Gasteiger partial charge >= 0.3 is 24.4 Å². The monoisotopic (exact) mass is 680 g/mol. The van der Waals surface area contributed by atoms with Gasteiger partial charge in [0, 0.05) is 24.2 Å². The number of carbonyl (C=O) groups excluding carboxylic acids is 1. The van der Waals surface area contributed by atoms with Crippen molar-refractivity contribution < 1.29 is 50.5 Å². The van der Waals surface area contributed by atoms with Gasteiger partial charge in [-0.25, -0.2) is 14.8 Å². The van der Waals surface area contributed by atoms with Gasteiger partial charge in [-0.1, -0.05) is 6.08 Å². The van der Waals surface area contributed by atoms with Crippen LogP contribution in [-0.2, 0) is 33.2 Å². The topological polar surface area (TPSA) is 105 Å². The molecule has 1 saturated carbocycles. The molecule has 1 aromatic heterocycles. The number of halogens is 6. The van der Waals surface area contributed by atoms with Gasteiger partial charge in [0.1, 0.15) is 11.9 Å². The summed E-state index contributed by atoms with van der Waals surface area (Å²) in [5.41, 5.74) is -1.20. The minimum absolute atomic E-state index is 0.0144. The molecule has 3 fully saturated rings. The van der Waals surface area contributed by atoms with Gasteiger partial charge < -0.3 is 19.5 Å². The molecule has 2 aliphatic heterocycles. The van der Waals surface area contributed by atoms with Crippen molar-refractivity contribution in [1.29, 1.82) is 0 Å². The zero-order chi connectivity index (χ0) is 34.7. The second kappa shape index (κ2) is 12.3. The third-order valence-electron chi connectivity index (χ3n) is 9.78. The molecule has 9 nitrogen and oxygen atoms in total. The fraction of sp³-hybridized carbons (Fsp3) is 0.515. The molecular formula is C33H34F6N4O5. The summed E-state index contributed by atoms with van der Waals surface area (Å²) in [4.78, 5) is 37.5. The first-order chi connectivity index (χ1) is 22.5. The highest BCUT2D eigenvalue weighted by Gasteiger charge is 2.44. The van der Waals surface area contributed by atoms with Gasteiger partial charge in [0.25, 0.3) is 0 Å². The second-order valence-electron chi connectivity index (χ2n) is 12.8. The number of anilines is 1. The van der Waals surface area contributed by atoms with Crippen molar-refractivity contribution >= 4 is 23.6 Å². The van der Waals surface area contributed by atoms with E-state index in [2.05, 4.69) is 0 Å². The predicted molar refractivity (Wildman–Crippen MR) is 159 cm³/mol. The van der Waals surface area contributed by atoms with E-state index in [0.717, 1.165) is 19.5 Å². The highest BCUT2D eigenvalue weighted by atomic mass is 19.4. The number of carboxylic acids is 1. The maximum absolute atomic E-state index is 13.6. The molecule has 1 amide bonds. The number of benzene rings is 1. The summed E-state index contributed by atoms with van der Waals surface area (Å²) in [7, 11) is 1.52. The van der Waals surface area contributed by atoms with E-state index < -0.39 is 59.2 Å². The van der Waals surface area contributed by atoms with Crippen LogP contribution < -0.4 is 4.90 Å². The number of ether oxygens (including phenoxy) is 2. The smallest absolute Gasteiger partial charge is 0.416 e. The number of alkyl halides is 6. The highest BCUT2D eigenvalue weighted by Crippen LogP contribution is 2.46. The normalized spacial score (nSPS) is 25.9. The van der Waals surface area contributed by atoms with Crippen LogP contribution >= 0.6 is 0 Å². The van der Waals surface area contributed by atoms with Crippen molar-refractivity contribution in [3.8, 4) is 0 Å². The van der Waals surface area contributed by atoms with Crippen molar-refractivity contribution in [2.45, 2.75) is 70.6 Å². The van der Waals surface area contributed by atoms with Crippen molar-refractivity contribution in [1.82, 2.24) is 14.9 Å². The Balaban J connectivity index is 1.37. The van der Waals surface area contributed by atoms with Crippen LogP contribution in [0.3, 0.4) is 0 Å². The fourth-order valence-electron chi connectivity index (χ4n) is 6.86. The average Bonchev–Trinajstić information content (AvgIpc) is 3.22. The first-order valence-electron chi connectivity index (χ1n) is 15.6. The molecule has 2 saturated heterocycles. The summed E-state index contributed by atoms with van der Waals surface area (Å²) >= 11 is 0. The number of hydrogen-bond acceptors (Lipinski definition) is 7. The maximum atomic E-state index is 13.6. The largest absolute Gasteiger partial charge is 0.496 e. The Morgan fingerprint density at radius 2 is 1.71 bits per heavy atom. The van der Waals surface area contributed by atoms with Crippen LogP contribution in [0.4, 0.5) is 37.1 Å². The van der Waals surface area contributed by atoms with Crippen molar-refractivity contribution in [2.24, 2.45) is 17.8 Å². The van der Waals surface area contributed by atoms with Crippen LogP contribution in [0.25, 0.3) is 5.57 Å². The zero-order valence-corrected chi connectivity index (χ0v) is 26.4. The van der Waals surface area contributed by atoms with Crippen molar-refractivity contribution in [2.75, 3.05) is 25.1 Å². The standard InChI is InChI=1S/C33H34F6N4O5/c1-16-27(24-13-18(5-6-26(24)47-3)19-9-21(10-19)29(44)45)25(41-30(40-16)42-7-4-8-42)15-43-17(2)28(48-31(43)46)20-11-22(32(34,35)36)14-23(12-20)33(37,38)39/h6,11-14,17-19,21,28H,4-5,7-10,15H2,1-3H3,(H,44,45)/t17-,18-,19?,21?,28-/m0/s1. The number of methoxy groups -OCH3 is 1. The Kier molecular flexibility index (Phi) is 8.61. The maximum Gasteiger partial charge on any atom is 0.416 e. The molecule has 15 heteroatoms. The Morgan fingerprint density at radius 3 is 2.25 bits per heavy atom. The number of aromatic nitrogens is 2. The summed E-state index contributed by atoms with van der Waals surface area (Å²) in [6.45, 7) is 4.56. The molecule has 2 aromatic rings. The minimum atomic E-state index is -5.06. The number of allylic oxidation sites excluding steroid dienone is 3. The number of aliphatic carboxylic acids is 1. The van der Waals surface area contributed by atoms with Gasteiger partial charge in [0.15, 0.2) is 0 Å². The summed E-state index contributed by atoms with van der Waals surface area (Å²) < 4.78 is 92.9. The van der Waals surface area contributed by atoms with Gasteiger partial charge in [-0.3, -0.25) is 9.69 Å². The van der Waals surface area contributed by atoms with Gasteiger partial charge in [-0.2, -0.15) is 26.3 Å². The first kappa shape index (κ1) is 33.6. The summed E-state index contributed by atoms with van der Waals surface area (Å²) in [5.74, 6) is -0.0811. The number of hydrogen-bond donors (Lipinski definition) is 1. The highest BCUT2D eigenvalue weighted by molar-refractivity contribution is 5.81. The fourth-order valence-corrected chi connectivity index (χ4v) is 6.86. The van der Waals surface area contributed by atoms with E-state index in [0.29, 0.717) is 65.6 Å². The average molecular weight is 681 g/mol. The number of nitrogens with zero attached hydrogens (tertiary/aromatic N) is 4. The summed E-state index contributed by atoms with van der Waals surface area (Å²) in [5, 5.41) is 9.39. The summed E-state index contributed by atoms with van der Waals surface area (Å²) in [6, 6.07) is 0.222. The molecular weight excluding hydrogens is 646 g/mol. The SMILES string of the molecule is COC1=CC[C@H](C2CC(C(=O)O)C2)C=C1c1c(C)nc(N2CCC2)nc1CN1C(=O)O[C@H](c2cc(C(F)(F)F)cc(C(F)(F)F)c2)[C@@H]1C. The molecule has 1 aromatic carbocycles. The van der Waals surface area contributed by atoms with Gasteiger partial charge in [-0.05, 0) is 81.2 Å². The minimum Gasteiger partial charge on any atom is -0.496 e. The van der Waals surface area contributed by atoms with Gasteiger partial charge in [-0.15, -0.1) is 0 Å². The van der Waals surface area contributed by atoms with Gasteiger partial charge in [0.05, 0.1) is 48.1 Å². The molecule has 4 aliphatic rings. The quantitative estimate of drug-likeness (QED) is 0.293. The van der Waals surface area contributed by atoms with Crippen LogP contribution in [0.2, 0.25) is 0 Å². The number of cyclic esters (lactones) is 1. The molecule has 6 rings (SSSR count). The van der Waals surface area contributed by atoms with E-state index in [1.807, 2.05) is 17.1 Å². The number of rotatable bonds is 8. The van der Waals surface area contributed by atoms with Crippen LogP contribution in [0.5, 0.6) is 0 Å². The molecule has 3 atom stereocenters. The molecule has 0 unspecified atom stereocenters. The van der Waals surface area contributed by atoms with Crippen LogP contribution in [0, 0.1) is 24.7 Å². The van der Waals surface area contributed by atoms with E-state index in [4.69, 9.17) is 19.4 Å². The second-order valence-corrected chi connectivity index (χ2v) is 12.8. The Morgan fingerprint density at radius 1 is 1.06 bits per heavy atom. The number of amides is 1. The zero-order valence-electron chi connectivity index (χ0n) is 26.4. The Labute approximate surface area is 272 Å². The molecule has 0 spiro atoms.